The minimum absolute atomic E-state index is 0.0554. The van der Waals surface area contributed by atoms with Crippen LogP contribution in [0.5, 0.6) is 0 Å². The number of nitrogens with one attached hydrogen (secondary N) is 1. The van der Waals surface area contributed by atoms with Crippen molar-refractivity contribution in [1.82, 2.24) is 14.9 Å². The van der Waals surface area contributed by atoms with Gasteiger partial charge in [-0.05, 0) is 73.2 Å². The molecule has 162 valence electrons. The Hall–Kier alpha value is -3.74. The molecule has 0 radical (unpaired) electrons. The van der Waals surface area contributed by atoms with Crippen molar-refractivity contribution in [2.24, 2.45) is 5.92 Å². The predicted molar refractivity (Wildman–Crippen MR) is 120 cm³/mol. The van der Waals surface area contributed by atoms with Crippen LogP contribution in [0.2, 0.25) is 0 Å². The molecule has 1 aromatic heterocycles. The minimum atomic E-state index is -0.828. The molecule has 2 fully saturated rings. The summed E-state index contributed by atoms with van der Waals surface area (Å²) < 4.78 is 0. The Morgan fingerprint density at radius 2 is 1.69 bits per heavy atom. The van der Waals surface area contributed by atoms with Crippen LogP contribution < -0.4 is 5.32 Å². The lowest BCUT2D eigenvalue weighted by molar-refractivity contribution is 0.102. The van der Waals surface area contributed by atoms with Gasteiger partial charge in [-0.15, -0.1) is 0 Å². The molecule has 3 aromatic rings. The van der Waals surface area contributed by atoms with Gasteiger partial charge >= 0.3 is 6.09 Å². The molecule has 2 N–H and O–H groups in total. The van der Waals surface area contributed by atoms with E-state index in [2.05, 4.69) is 15.3 Å². The van der Waals surface area contributed by atoms with E-state index < -0.39 is 6.09 Å². The highest BCUT2D eigenvalue weighted by Crippen LogP contribution is 2.46. The fourth-order valence-corrected chi connectivity index (χ4v) is 4.05. The highest BCUT2D eigenvalue weighted by molar-refractivity contribution is 6.04. The zero-order chi connectivity index (χ0) is 22.1. The van der Waals surface area contributed by atoms with Gasteiger partial charge in [0.05, 0.1) is 0 Å². The van der Waals surface area contributed by atoms with Gasteiger partial charge in [0.1, 0.15) is 0 Å². The normalized spacial score (nSPS) is 19.2. The summed E-state index contributed by atoms with van der Waals surface area (Å²) in [4.78, 5) is 34.3. The molecule has 2 atom stereocenters. The van der Waals surface area contributed by atoms with Crippen molar-refractivity contribution < 1.29 is 14.7 Å². The van der Waals surface area contributed by atoms with Gasteiger partial charge < -0.3 is 15.3 Å². The van der Waals surface area contributed by atoms with Gasteiger partial charge in [0.15, 0.2) is 5.82 Å². The van der Waals surface area contributed by atoms with Crippen molar-refractivity contribution in [3.05, 3.63) is 78.1 Å². The van der Waals surface area contributed by atoms with Crippen LogP contribution in [0.15, 0.2) is 67.0 Å². The van der Waals surface area contributed by atoms with Crippen LogP contribution in [0, 0.1) is 5.92 Å². The molecule has 7 nitrogen and oxygen atoms in total. The average molecular weight is 428 g/mol. The fourth-order valence-electron chi connectivity index (χ4n) is 4.05. The van der Waals surface area contributed by atoms with Crippen molar-refractivity contribution in [3.63, 3.8) is 0 Å². The van der Waals surface area contributed by atoms with Crippen LogP contribution in [0.4, 0.5) is 10.5 Å². The standard InChI is InChI=1S/C25H24N4O3/c30-24(28-20-10-8-18(9-11-20)23-26-12-1-13-27-23)19-6-4-17(5-7-19)21-14-22(21)29(25(31)32)15-16-2-3-16/h1,4-13,16,21-22H,2-3,14-15H2,(H,28,30)(H,31,32). The summed E-state index contributed by atoms with van der Waals surface area (Å²) in [5.74, 6) is 1.20. The summed E-state index contributed by atoms with van der Waals surface area (Å²) in [5, 5.41) is 12.4. The van der Waals surface area contributed by atoms with Gasteiger partial charge in [-0.3, -0.25) is 4.79 Å². The van der Waals surface area contributed by atoms with E-state index in [1.54, 1.807) is 35.5 Å². The molecule has 2 unspecified atom stereocenters. The average Bonchev–Trinajstić information content (AvgIpc) is 3.74. The maximum atomic E-state index is 12.6. The molecule has 0 spiro atoms. The van der Waals surface area contributed by atoms with Crippen LogP contribution in [0.25, 0.3) is 11.4 Å². The Kier molecular flexibility index (Phi) is 5.31. The molecular weight excluding hydrogens is 404 g/mol. The van der Waals surface area contributed by atoms with Crippen LogP contribution in [0.1, 0.15) is 41.1 Å². The summed E-state index contributed by atoms with van der Waals surface area (Å²) in [6.45, 7) is 0.645. The molecule has 2 aromatic carbocycles. The van der Waals surface area contributed by atoms with Gasteiger partial charge in [0, 0.05) is 47.7 Å². The molecule has 7 heteroatoms. The lowest BCUT2D eigenvalue weighted by Crippen LogP contribution is -2.34. The Bertz CT molecular complexity index is 1110. The lowest BCUT2D eigenvalue weighted by Gasteiger charge is -2.19. The number of amides is 2. The van der Waals surface area contributed by atoms with Gasteiger partial charge in [-0.1, -0.05) is 12.1 Å². The molecule has 2 aliphatic carbocycles. The molecule has 32 heavy (non-hydrogen) atoms. The van der Waals surface area contributed by atoms with E-state index in [0.29, 0.717) is 29.5 Å². The topological polar surface area (TPSA) is 95.4 Å². The van der Waals surface area contributed by atoms with E-state index in [-0.39, 0.29) is 17.9 Å². The molecule has 5 rings (SSSR count). The van der Waals surface area contributed by atoms with Gasteiger partial charge in [0.2, 0.25) is 0 Å². The maximum Gasteiger partial charge on any atom is 0.407 e. The molecule has 0 bridgehead atoms. The summed E-state index contributed by atoms with van der Waals surface area (Å²) >= 11 is 0. The molecule has 2 aliphatic rings. The largest absolute Gasteiger partial charge is 0.465 e. The van der Waals surface area contributed by atoms with Crippen molar-refractivity contribution in [2.75, 3.05) is 11.9 Å². The number of nitrogens with zero attached hydrogens (tertiary/aromatic N) is 3. The van der Waals surface area contributed by atoms with Crippen LogP contribution in [0.3, 0.4) is 0 Å². The fraction of sp³-hybridized carbons (Fsp3) is 0.280. The van der Waals surface area contributed by atoms with Gasteiger partial charge in [-0.25, -0.2) is 14.8 Å². The van der Waals surface area contributed by atoms with Crippen molar-refractivity contribution in [2.45, 2.75) is 31.2 Å². The zero-order valence-electron chi connectivity index (χ0n) is 17.5. The number of benzene rings is 2. The number of carbonyl (C=O) groups excluding carboxylic acids is 1. The second kappa shape index (κ2) is 8.42. The van der Waals surface area contributed by atoms with E-state index in [0.717, 1.165) is 30.4 Å². The van der Waals surface area contributed by atoms with E-state index >= 15 is 0 Å². The monoisotopic (exact) mass is 428 g/mol. The zero-order valence-corrected chi connectivity index (χ0v) is 17.5. The number of carboxylic acid groups (broad SMARTS) is 1. The van der Waals surface area contributed by atoms with Crippen LogP contribution >= 0.6 is 0 Å². The van der Waals surface area contributed by atoms with E-state index in [1.807, 2.05) is 36.4 Å². The Balaban J connectivity index is 1.20. The number of anilines is 1. The first kappa shape index (κ1) is 20.2. The number of hydrogen-bond donors (Lipinski definition) is 2. The second-order valence-electron chi connectivity index (χ2n) is 8.51. The van der Waals surface area contributed by atoms with Crippen LogP contribution in [-0.2, 0) is 0 Å². The third kappa shape index (κ3) is 4.46. The molecule has 0 saturated heterocycles. The first-order valence-electron chi connectivity index (χ1n) is 10.9. The quantitative estimate of drug-likeness (QED) is 0.571. The molecular formula is C25H24N4O3. The Labute approximate surface area is 186 Å². The molecule has 2 saturated carbocycles. The number of hydrogen-bond acceptors (Lipinski definition) is 4. The first-order chi connectivity index (χ1) is 15.6. The Morgan fingerprint density at radius 1 is 1.00 bits per heavy atom. The van der Waals surface area contributed by atoms with Crippen molar-refractivity contribution in [3.8, 4) is 11.4 Å². The summed E-state index contributed by atoms with van der Waals surface area (Å²) in [6.07, 6.45) is 5.67. The molecule has 2 amide bonds. The van der Waals surface area contributed by atoms with E-state index in [9.17, 15) is 14.7 Å². The first-order valence-corrected chi connectivity index (χ1v) is 10.9. The SMILES string of the molecule is O=C(Nc1ccc(-c2ncccn2)cc1)c1ccc(C2CC2N(CC2CC2)C(=O)O)cc1. The maximum absolute atomic E-state index is 12.6. The van der Waals surface area contributed by atoms with Crippen molar-refractivity contribution in [1.29, 1.82) is 0 Å². The number of rotatable bonds is 7. The second-order valence-corrected chi connectivity index (χ2v) is 8.51. The number of carbonyl (C=O) groups is 2. The third-order valence-corrected chi connectivity index (χ3v) is 6.12. The highest BCUT2D eigenvalue weighted by Gasteiger charge is 2.46. The Morgan fingerprint density at radius 3 is 2.31 bits per heavy atom. The van der Waals surface area contributed by atoms with Crippen molar-refractivity contribution >= 4 is 17.7 Å². The van der Waals surface area contributed by atoms with E-state index in [4.69, 9.17) is 0 Å². The minimum Gasteiger partial charge on any atom is -0.465 e. The van der Waals surface area contributed by atoms with Crippen LogP contribution in [-0.4, -0.2) is 44.6 Å². The number of aromatic nitrogens is 2. The molecule has 1 heterocycles. The lowest BCUT2D eigenvalue weighted by atomic mass is 10.1. The predicted octanol–water partition coefficient (Wildman–Crippen LogP) is 4.64. The van der Waals surface area contributed by atoms with E-state index in [1.165, 1.54) is 0 Å². The smallest absolute Gasteiger partial charge is 0.407 e. The summed E-state index contributed by atoms with van der Waals surface area (Å²) in [7, 11) is 0. The molecule has 0 aliphatic heterocycles. The highest BCUT2D eigenvalue weighted by atomic mass is 16.4. The third-order valence-electron chi connectivity index (χ3n) is 6.12. The summed E-state index contributed by atoms with van der Waals surface area (Å²) in [5.41, 5.74) is 3.22. The van der Waals surface area contributed by atoms with Gasteiger partial charge in [-0.2, -0.15) is 0 Å². The van der Waals surface area contributed by atoms with Gasteiger partial charge in [0.25, 0.3) is 5.91 Å². The summed E-state index contributed by atoms with van der Waals surface area (Å²) in [6, 6.07) is 16.7.